The molecular formula is C16H31N3O. The van der Waals surface area contributed by atoms with E-state index in [-0.39, 0.29) is 18.0 Å². The second kappa shape index (κ2) is 6.44. The average molecular weight is 281 g/mol. The summed E-state index contributed by atoms with van der Waals surface area (Å²) < 4.78 is 0. The van der Waals surface area contributed by atoms with Gasteiger partial charge in [-0.05, 0) is 52.4 Å². The fourth-order valence-electron chi connectivity index (χ4n) is 4.23. The molecule has 4 nitrogen and oxygen atoms in total. The van der Waals surface area contributed by atoms with Crippen LogP contribution in [0.25, 0.3) is 0 Å². The Labute approximate surface area is 123 Å². The summed E-state index contributed by atoms with van der Waals surface area (Å²) >= 11 is 0. The van der Waals surface area contributed by atoms with Crippen molar-refractivity contribution >= 4 is 5.91 Å². The van der Waals surface area contributed by atoms with Crippen LogP contribution in [0.5, 0.6) is 0 Å². The Morgan fingerprint density at radius 2 is 1.80 bits per heavy atom. The highest BCUT2D eigenvalue weighted by molar-refractivity contribution is 5.82. The third kappa shape index (κ3) is 2.86. The first-order chi connectivity index (χ1) is 9.47. The van der Waals surface area contributed by atoms with Gasteiger partial charge in [0.1, 0.15) is 0 Å². The zero-order valence-electron chi connectivity index (χ0n) is 13.5. The zero-order valence-corrected chi connectivity index (χ0v) is 13.5. The summed E-state index contributed by atoms with van der Waals surface area (Å²) in [5.41, 5.74) is 5.92. The quantitative estimate of drug-likeness (QED) is 0.858. The summed E-state index contributed by atoms with van der Waals surface area (Å²) in [6.07, 6.45) is 4.71. The summed E-state index contributed by atoms with van der Waals surface area (Å²) in [7, 11) is 0. The van der Waals surface area contributed by atoms with Gasteiger partial charge in [0.2, 0.25) is 5.91 Å². The van der Waals surface area contributed by atoms with Crippen molar-refractivity contribution in [3.63, 3.8) is 0 Å². The van der Waals surface area contributed by atoms with Crippen molar-refractivity contribution in [3.05, 3.63) is 0 Å². The summed E-state index contributed by atoms with van der Waals surface area (Å²) in [5.74, 6) is 0.811. The van der Waals surface area contributed by atoms with Gasteiger partial charge in [-0.25, -0.2) is 0 Å². The van der Waals surface area contributed by atoms with Crippen LogP contribution in [0.2, 0.25) is 0 Å². The van der Waals surface area contributed by atoms with Crippen molar-refractivity contribution in [2.75, 3.05) is 13.1 Å². The molecule has 0 radical (unpaired) electrons. The number of piperidine rings is 1. The lowest BCUT2D eigenvalue weighted by Gasteiger charge is -2.43. The Balaban J connectivity index is 2.09. The highest BCUT2D eigenvalue weighted by atomic mass is 16.2. The van der Waals surface area contributed by atoms with Gasteiger partial charge >= 0.3 is 0 Å². The van der Waals surface area contributed by atoms with Gasteiger partial charge in [-0.2, -0.15) is 0 Å². The molecule has 2 heterocycles. The highest BCUT2D eigenvalue weighted by Crippen LogP contribution is 2.29. The Bertz CT molecular complexity index is 337. The van der Waals surface area contributed by atoms with Crippen LogP contribution in [-0.2, 0) is 4.79 Å². The predicted molar refractivity (Wildman–Crippen MR) is 82.4 cm³/mol. The van der Waals surface area contributed by atoms with E-state index in [1.54, 1.807) is 0 Å². The number of hydrogen-bond acceptors (Lipinski definition) is 3. The molecule has 0 bridgehead atoms. The maximum absolute atomic E-state index is 12.9. The Morgan fingerprint density at radius 1 is 1.20 bits per heavy atom. The van der Waals surface area contributed by atoms with Crippen molar-refractivity contribution in [1.82, 2.24) is 9.80 Å². The summed E-state index contributed by atoms with van der Waals surface area (Å²) in [4.78, 5) is 17.4. The molecule has 2 aliphatic rings. The molecule has 20 heavy (non-hydrogen) atoms. The number of carbonyl (C=O) groups is 1. The first kappa shape index (κ1) is 15.8. The van der Waals surface area contributed by atoms with E-state index in [2.05, 4.69) is 37.5 Å². The number of likely N-dealkylation sites (tertiary alicyclic amines) is 2. The largest absolute Gasteiger partial charge is 0.337 e. The molecule has 1 amide bonds. The van der Waals surface area contributed by atoms with Crippen LogP contribution in [0.1, 0.15) is 53.4 Å². The Hall–Kier alpha value is -0.610. The number of hydrogen-bond donors (Lipinski definition) is 1. The van der Waals surface area contributed by atoms with Crippen molar-refractivity contribution in [3.8, 4) is 0 Å². The number of carbonyl (C=O) groups excluding carboxylic acids is 1. The van der Waals surface area contributed by atoms with Crippen LogP contribution in [0.3, 0.4) is 0 Å². The van der Waals surface area contributed by atoms with Gasteiger partial charge in [-0.3, -0.25) is 9.69 Å². The standard InChI is InChI=1S/C16H31N3O/c1-11-6-5-9-18(15(11)10-17)16(20)14(4)19-12(2)7-8-13(19)3/h11-15H,5-10,17H2,1-4H3. The highest BCUT2D eigenvalue weighted by Gasteiger charge is 2.39. The molecule has 0 aromatic carbocycles. The minimum absolute atomic E-state index is 0.0122. The van der Waals surface area contributed by atoms with E-state index >= 15 is 0 Å². The Morgan fingerprint density at radius 3 is 2.35 bits per heavy atom. The van der Waals surface area contributed by atoms with Gasteiger partial charge in [0, 0.05) is 31.2 Å². The van der Waals surface area contributed by atoms with Gasteiger partial charge in [-0.15, -0.1) is 0 Å². The molecule has 2 saturated heterocycles. The third-order valence-corrected chi connectivity index (χ3v) is 5.46. The monoisotopic (exact) mass is 281 g/mol. The molecule has 4 heteroatoms. The second-order valence-corrected chi connectivity index (χ2v) is 6.85. The van der Waals surface area contributed by atoms with Crippen molar-refractivity contribution in [2.24, 2.45) is 11.7 Å². The maximum Gasteiger partial charge on any atom is 0.239 e. The molecule has 2 aliphatic heterocycles. The minimum atomic E-state index is -0.0122. The molecule has 0 saturated carbocycles. The van der Waals surface area contributed by atoms with Crippen LogP contribution in [0.15, 0.2) is 0 Å². The lowest BCUT2D eigenvalue weighted by Crippen LogP contribution is -2.57. The van der Waals surface area contributed by atoms with E-state index in [1.807, 2.05) is 0 Å². The number of nitrogens with two attached hydrogens (primary N) is 1. The average Bonchev–Trinajstić information content (AvgIpc) is 2.76. The van der Waals surface area contributed by atoms with E-state index in [1.165, 1.54) is 19.3 Å². The zero-order chi connectivity index (χ0) is 14.9. The smallest absolute Gasteiger partial charge is 0.239 e. The first-order valence-corrected chi connectivity index (χ1v) is 8.25. The van der Waals surface area contributed by atoms with E-state index in [0.29, 0.717) is 24.5 Å². The molecule has 5 atom stereocenters. The van der Waals surface area contributed by atoms with Crippen LogP contribution >= 0.6 is 0 Å². The molecule has 0 aliphatic carbocycles. The molecule has 0 spiro atoms. The second-order valence-electron chi connectivity index (χ2n) is 6.85. The maximum atomic E-state index is 12.9. The van der Waals surface area contributed by atoms with Crippen LogP contribution < -0.4 is 5.73 Å². The minimum Gasteiger partial charge on any atom is -0.337 e. The summed E-state index contributed by atoms with van der Waals surface area (Å²) in [6.45, 7) is 10.3. The number of nitrogens with zero attached hydrogens (tertiary/aromatic N) is 2. The summed E-state index contributed by atoms with van der Waals surface area (Å²) in [6, 6.07) is 1.25. The molecular weight excluding hydrogens is 250 g/mol. The summed E-state index contributed by atoms with van der Waals surface area (Å²) in [5, 5.41) is 0. The first-order valence-electron chi connectivity index (χ1n) is 8.25. The fourth-order valence-corrected chi connectivity index (χ4v) is 4.23. The Kier molecular flexibility index (Phi) is 5.08. The van der Waals surface area contributed by atoms with Crippen LogP contribution in [0.4, 0.5) is 0 Å². The molecule has 2 rings (SSSR count). The van der Waals surface area contributed by atoms with Gasteiger partial charge in [0.25, 0.3) is 0 Å². The van der Waals surface area contributed by atoms with Crippen LogP contribution in [-0.4, -0.2) is 53.0 Å². The van der Waals surface area contributed by atoms with E-state index < -0.39 is 0 Å². The molecule has 0 aromatic rings. The van der Waals surface area contributed by atoms with Gasteiger partial charge in [0.05, 0.1) is 6.04 Å². The molecule has 2 N–H and O–H groups in total. The van der Waals surface area contributed by atoms with E-state index in [9.17, 15) is 4.79 Å². The topological polar surface area (TPSA) is 49.6 Å². The van der Waals surface area contributed by atoms with Crippen molar-refractivity contribution < 1.29 is 4.79 Å². The molecule has 2 fully saturated rings. The SMILES string of the molecule is CC1CCCN(C(=O)C(C)N2C(C)CCC2C)C1CN. The normalized spacial score (nSPS) is 37.1. The van der Waals surface area contributed by atoms with Crippen LogP contribution in [0, 0.1) is 5.92 Å². The lowest BCUT2D eigenvalue weighted by atomic mass is 9.90. The molecule has 5 unspecified atom stereocenters. The lowest BCUT2D eigenvalue weighted by molar-refractivity contribution is -0.142. The van der Waals surface area contributed by atoms with Crippen molar-refractivity contribution in [1.29, 1.82) is 0 Å². The van der Waals surface area contributed by atoms with Crippen molar-refractivity contribution in [2.45, 2.75) is 77.5 Å². The predicted octanol–water partition coefficient (Wildman–Crippen LogP) is 1.83. The molecule has 0 aromatic heterocycles. The van der Waals surface area contributed by atoms with E-state index in [4.69, 9.17) is 5.73 Å². The third-order valence-electron chi connectivity index (χ3n) is 5.46. The van der Waals surface area contributed by atoms with Gasteiger partial charge in [-0.1, -0.05) is 6.92 Å². The fraction of sp³-hybridized carbons (Fsp3) is 0.938. The van der Waals surface area contributed by atoms with Gasteiger partial charge < -0.3 is 10.6 Å². The number of rotatable bonds is 3. The van der Waals surface area contributed by atoms with Gasteiger partial charge in [0.15, 0.2) is 0 Å². The number of amides is 1. The molecule has 116 valence electrons. The van der Waals surface area contributed by atoms with E-state index in [0.717, 1.165) is 13.0 Å².